The van der Waals surface area contributed by atoms with Crippen molar-refractivity contribution in [1.82, 2.24) is 4.98 Å². The zero-order chi connectivity index (χ0) is 13.3. The number of ether oxygens (including phenoxy) is 1. The largest absolute Gasteiger partial charge is 0.494 e. The van der Waals surface area contributed by atoms with Crippen LogP contribution in [0.15, 0.2) is 22.5 Å². The highest BCUT2D eigenvalue weighted by Crippen LogP contribution is 2.27. The van der Waals surface area contributed by atoms with E-state index < -0.39 is 0 Å². The Morgan fingerprint density at radius 3 is 2.72 bits per heavy atom. The lowest BCUT2D eigenvalue weighted by atomic mass is 10.1. The summed E-state index contributed by atoms with van der Waals surface area (Å²) in [4.78, 5) is 7.81. The minimum atomic E-state index is 0.784. The molecule has 0 aromatic carbocycles. The molecule has 3 nitrogen and oxygen atoms in total. The number of hydrogen-bond donors (Lipinski definition) is 1. The van der Waals surface area contributed by atoms with Gasteiger partial charge >= 0.3 is 0 Å². The van der Waals surface area contributed by atoms with Gasteiger partial charge in [0.1, 0.15) is 16.1 Å². The molecule has 0 amide bonds. The van der Waals surface area contributed by atoms with Crippen LogP contribution < -0.4 is 0 Å². The number of allylic oxidation sites excluding steroid dienone is 1. The second-order valence-electron chi connectivity index (χ2n) is 4.30. The molecule has 1 aliphatic rings. The van der Waals surface area contributed by atoms with Crippen LogP contribution in [0.2, 0.25) is 0 Å². The van der Waals surface area contributed by atoms with Gasteiger partial charge in [-0.3, -0.25) is 0 Å². The van der Waals surface area contributed by atoms with Crippen LogP contribution in [0.3, 0.4) is 0 Å². The summed E-state index contributed by atoms with van der Waals surface area (Å²) in [5.41, 5.74) is 5.84. The molecule has 0 spiro atoms. The molecular formula is C14H17BrN2O. The van der Waals surface area contributed by atoms with Gasteiger partial charge in [-0.05, 0) is 53.4 Å². The van der Waals surface area contributed by atoms with Crippen LogP contribution in [0.4, 0.5) is 0 Å². The Bertz CT molecular complexity index is 565. The Hall–Kier alpha value is -1.29. The molecule has 0 atom stereocenters. The summed E-state index contributed by atoms with van der Waals surface area (Å²) in [6, 6.07) is 0. The lowest BCUT2D eigenvalue weighted by Gasteiger charge is -2.01. The lowest BCUT2D eigenvalue weighted by Crippen LogP contribution is -1.87. The van der Waals surface area contributed by atoms with E-state index >= 15 is 0 Å². The second-order valence-corrected chi connectivity index (χ2v) is 5.11. The first-order valence-corrected chi connectivity index (χ1v) is 6.76. The molecule has 0 aliphatic carbocycles. The summed E-state index contributed by atoms with van der Waals surface area (Å²) >= 11 is 3.37. The van der Waals surface area contributed by atoms with Gasteiger partial charge in [-0.15, -0.1) is 0 Å². The molecule has 0 fully saturated rings. The number of aryl methyl sites for hydroxylation is 1. The highest BCUT2D eigenvalue weighted by Gasteiger charge is 2.15. The van der Waals surface area contributed by atoms with Crippen molar-refractivity contribution in [1.29, 1.82) is 0 Å². The maximum atomic E-state index is 5.30. The SMILES string of the molecule is CCc1c(C)[nH]c(/C=C2\N=C(Br)C=C2OC)c1C. The quantitative estimate of drug-likeness (QED) is 0.904. The van der Waals surface area contributed by atoms with E-state index in [1.165, 1.54) is 16.8 Å². The van der Waals surface area contributed by atoms with Crippen LogP contribution in [-0.4, -0.2) is 16.7 Å². The predicted molar refractivity (Wildman–Crippen MR) is 79.1 cm³/mol. The van der Waals surface area contributed by atoms with Crippen molar-refractivity contribution in [2.75, 3.05) is 7.11 Å². The molecule has 4 heteroatoms. The molecule has 96 valence electrons. The Kier molecular flexibility index (Phi) is 3.76. The van der Waals surface area contributed by atoms with Crippen molar-refractivity contribution in [2.24, 2.45) is 4.99 Å². The zero-order valence-corrected chi connectivity index (χ0v) is 12.7. The number of methoxy groups -OCH3 is 1. The number of aromatic amines is 1. The van der Waals surface area contributed by atoms with E-state index in [4.69, 9.17) is 4.74 Å². The Morgan fingerprint density at radius 2 is 2.17 bits per heavy atom. The van der Waals surface area contributed by atoms with Crippen LogP contribution in [0.1, 0.15) is 29.4 Å². The third-order valence-corrected chi connectivity index (χ3v) is 3.62. The molecule has 18 heavy (non-hydrogen) atoms. The van der Waals surface area contributed by atoms with Crippen molar-refractivity contribution in [3.63, 3.8) is 0 Å². The van der Waals surface area contributed by atoms with Gasteiger partial charge < -0.3 is 9.72 Å². The molecule has 1 aromatic rings. The number of aromatic nitrogens is 1. The molecule has 0 saturated carbocycles. The third kappa shape index (κ3) is 2.29. The molecule has 2 heterocycles. The minimum Gasteiger partial charge on any atom is -0.494 e. The molecular weight excluding hydrogens is 292 g/mol. The van der Waals surface area contributed by atoms with Gasteiger partial charge in [-0.25, -0.2) is 4.99 Å². The van der Waals surface area contributed by atoms with Gasteiger partial charge in [0.25, 0.3) is 0 Å². The molecule has 1 aromatic heterocycles. The van der Waals surface area contributed by atoms with Gasteiger partial charge in [0.2, 0.25) is 0 Å². The molecule has 0 saturated heterocycles. The fourth-order valence-corrected chi connectivity index (χ4v) is 2.68. The maximum Gasteiger partial charge on any atom is 0.147 e. The van der Waals surface area contributed by atoms with E-state index in [1.54, 1.807) is 7.11 Å². The van der Waals surface area contributed by atoms with Crippen molar-refractivity contribution in [2.45, 2.75) is 27.2 Å². The van der Waals surface area contributed by atoms with Crippen LogP contribution in [0, 0.1) is 13.8 Å². The van der Waals surface area contributed by atoms with Crippen molar-refractivity contribution in [3.8, 4) is 0 Å². The molecule has 0 radical (unpaired) electrons. The monoisotopic (exact) mass is 308 g/mol. The predicted octanol–water partition coefficient (Wildman–Crippen LogP) is 3.87. The topological polar surface area (TPSA) is 37.4 Å². The van der Waals surface area contributed by atoms with E-state index in [9.17, 15) is 0 Å². The number of hydrogen-bond acceptors (Lipinski definition) is 2. The molecule has 2 rings (SSSR count). The van der Waals surface area contributed by atoms with Gasteiger partial charge in [0, 0.05) is 17.5 Å². The first-order chi connectivity index (χ1) is 8.56. The van der Waals surface area contributed by atoms with Crippen molar-refractivity contribution < 1.29 is 4.74 Å². The zero-order valence-electron chi connectivity index (χ0n) is 11.1. The van der Waals surface area contributed by atoms with Crippen molar-refractivity contribution in [3.05, 3.63) is 40.0 Å². The number of rotatable bonds is 3. The summed E-state index contributed by atoms with van der Waals surface area (Å²) in [6.45, 7) is 6.41. The fraction of sp³-hybridized carbons (Fsp3) is 0.357. The summed E-state index contributed by atoms with van der Waals surface area (Å²) in [5, 5.41) is 0. The Labute approximate surface area is 116 Å². The smallest absolute Gasteiger partial charge is 0.147 e. The first-order valence-electron chi connectivity index (χ1n) is 5.96. The maximum absolute atomic E-state index is 5.30. The van der Waals surface area contributed by atoms with Crippen LogP contribution in [0.25, 0.3) is 6.08 Å². The first kappa shape index (κ1) is 13.1. The molecule has 1 N–H and O–H groups in total. The van der Waals surface area contributed by atoms with Gasteiger partial charge in [0.15, 0.2) is 0 Å². The summed E-state index contributed by atoms with van der Waals surface area (Å²) in [6.07, 6.45) is 4.94. The minimum absolute atomic E-state index is 0.784. The van der Waals surface area contributed by atoms with Crippen LogP contribution >= 0.6 is 15.9 Å². The number of nitrogens with one attached hydrogen (secondary N) is 1. The number of nitrogens with zero attached hydrogens (tertiary/aromatic N) is 1. The standard InChI is InChI=1S/C14H17BrN2O/c1-5-10-8(2)11(16-9(10)3)6-12-13(18-4)7-14(15)17-12/h6-7,16H,5H2,1-4H3/b12-6-. The van der Waals surface area contributed by atoms with Gasteiger partial charge in [0.05, 0.1) is 7.11 Å². The summed E-state index contributed by atoms with van der Waals surface area (Å²) in [7, 11) is 1.66. The molecule has 0 bridgehead atoms. The highest BCUT2D eigenvalue weighted by atomic mass is 79.9. The summed E-state index contributed by atoms with van der Waals surface area (Å²) < 4.78 is 6.10. The number of H-pyrrole nitrogens is 1. The van der Waals surface area contributed by atoms with E-state index in [0.717, 1.165) is 28.2 Å². The second kappa shape index (κ2) is 5.14. The van der Waals surface area contributed by atoms with Crippen LogP contribution in [0.5, 0.6) is 0 Å². The van der Waals surface area contributed by atoms with E-state index in [2.05, 4.69) is 46.7 Å². The highest BCUT2D eigenvalue weighted by molar-refractivity contribution is 9.18. The Balaban J connectivity index is 2.43. The van der Waals surface area contributed by atoms with Gasteiger partial charge in [-0.2, -0.15) is 0 Å². The van der Waals surface area contributed by atoms with E-state index in [-0.39, 0.29) is 0 Å². The Morgan fingerprint density at radius 1 is 1.44 bits per heavy atom. The summed E-state index contributed by atoms with van der Waals surface area (Å²) in [5.74, 6) is 0.784. The van der Waals surface area contributed by atoms with Gasteiger partial charge in [-0.1, -0.05) is 6.92 Å². The number of aliphatic imine (C=N–C) groups is 1. The molecule has 1 aliphatic heterocycles. The lowest BCUT2D eigenvalue weighted by molar-refractivity contribution is 0.303. The fourth-order valence-electron chi connectivity index (χ4n) is 2.28. The van der Waals surface area contributed by atoms with Crippen LogP contribution in [-0.2, 0) is 11.2 Å². The number of halogens is 1. The van der Waals surface area contributed by atoms with Crippen molar-refractivity contribution >= 4 is 26.6 Å². The molecule has 0 unspecified atom stereocenters. The average Bonchev–Trinajstić information content (AvgIpc) is 2.81. The third-order valence-electron chi connectivity index (χ3n) is 3.22. The normalized spacial score (nSPS) is 17.1. The van der Waals surface area contributed by atoms with E-state index in [0.29, 0.717) is 0 Å². The average molecular weight is 309 g/mol. The van der Waals surface area contributed by atoms with E-state index in [1.807, 2.05) is 12.2 Å².